The van der Waals surface area contributed by atoms with Crippen LogP contribution >= 0.6 is 0 Å². The van der Waals surface area contributed by atoms with Crippen molar-refractivity contribution in [2.45, 2.75) is 12.5 Å². The highest BCUT2D eigenvalue weighted by Gasteiger charge is 2.32. The van der Waals surface area contributed by atoms with E-state index in [4.69, 9.17) is 24.1 Å². The van der Waals surface area contributed by atoms with Crippen LogP contribution in [0, 0.1) is 0 Å². The quantitative estimate of drug-likeness (QED) is 0.827. The molecule has 8 heteroatoms. The maximum Gasteiger partial charge on any atom is 0.305 e. The average molecular weight is 339 g/mol. The lowest BCUT2D eigenvalue weighted by molar-refractivity contribution is -0.139. The fourth-order valence-electron chi connectivity index (χ4n) is 2.72. The number of aliphatic carboxylic acids is 1. The Morgan fingerprint density at radius 2 is 1.92 bits per heavy atom. The molecule has 1 aromatic carbocycles. The lowest BCUT2D eigenvalue weighted by Crippen LogP contribution is -2.49. The zero-order valence-corrected chi connectivity index (χ0v) is 13.9. The first-order chi connectivity index (χ1) is 11.5. The predicted molar refractivity (Wildman–Crippen MR) is 84.0 cm³/mol. The van der Waals surface area contributed by atoms with E-state index in [1.165, 1.54) is 26.2 Å². The summed E-state index contributed by atoms with van der Waals surface area (Å²) >= 11 is 0. The standard InChI is InChI=1S/C16H21NO7/c1-21-12-5-4-11(14(22-2)15(12)23-3)16(20)17-6-7-24-9-10(17)8-13(18)19/h4-5,10H,6-9H2,1-3H3,(H,18,19)/t10-/m0/s1. The van der Waals surface area contributed by atoms with Crippen molar-refractivity contribution >= 4 is 11.9 Å². The van der Waals surface area contributed by atoms with Gasteiger partial charge in [0.1, 0.15) is 0 Å². The summed E-state index contributed by atoms with van der Waals surface area (Å²) in [5, 5.41) is 9.03. The Hall–Kier alpha value is -2.48. The third kappa shape index (κ3) is 3.53. The van der Waals surface area contributed by atoms with Gasteiger partial charge in [0.25, 0.3) is 5.91 Å². The number of carboxylic acid groups (broad SMARTS) is 1. The molecule has 1 saturated heterocycles. The second kappa shape index (κ2) is 7.87. The second-order valence-corrected chi connectivity index (χ2v) is 5.21. The van der Waals surface area contributed by atoms with Crippen LogP contribution in [0.25, 0.3) is 0 Å². The molecule has 1 fully saturated rings. The van der Waals surface area contributed by atoms with Crippen molar-refractivity contribution < 1.29 is 33.6 Å². The number of carbonyl (C=O) groups excluding carboxylic acids is 1. The molecule has 1 N–H and O–H groups in total. The molecule has 0 aromatic heterocycles. The highest BCUT2D eigenvalue weighted by atomic mass is 16.5. The van der Waals surface area contributed by atoms with E-state index in [2.05, 4.69) is 0 Å². The van der Waals surface area contributed by atoms with E-state index in [0.29, 0.717) is 24.7 Å². The largest absolute Gasteiger partial charge is 0.493 e. The number of ether oxygens (including phenoxy) is 4. The molecule has 0 unspecified atom stereocenters. The van der Waals surface area contributed by atoms with Crippen LogP contribution in [0.2, 0.25) is 0 Å². The number of nitrogens with zero attached hydrogens (tertiary/aromatic N) is 1. The summed E-state index contributed by atoms with van der Waals surface area (Å²) in [6, 6.07) is 2.67. The van der Waals surface area contributed by atoms with Crippen molar-refractivity contribution in [3.05, 3.63) is 17.7 Å². The third-order valence-electron chi connectivity index (χ3n) is 3.83. The molecule has 24 heavy (non-hydrogen) atoms. The molecule has 0 spiro atoms. The van der Waals surface area contributed by atoms with Gasteiger partial charge in [-0.1, -0.05) is 0 Å². The molecular formula is C16H21NO7. The normalized spacial score (nSPS) is 17.3. The maximum atomic E-state index is 12.9. The third-order valence-corrected chi connectivity index (χ3v) is 3.83. The number of rotatable bonds is 6. The SMILES string of the molecule is COc1ccc(C(=O)N2CCOC[C@@H]2CC(=O)O)c(OC)c1OC. The average Bonchev–Trinajstić information content (AvgIpc) is 2.59. The van der Waals surface area contributed by atoms with Crippen LogP contribution in [-0.4, -0.2) is 69.0 Å². The smallest absolute Gasteiger partial charge is 0.305 e. The topological polar surface area (TPSA) is 94.5 Å². The fraction of sp³-hybridized carbons (Fsp3) is 0.500. The Morgan fingerprint density at radius 3 is 2.50 bits per heavy atom. The lowest BCUT2D eigenvalue weighted by Gasteiger charge is -2.35. The van der Waals surface area contributed by atoms with Gasteiger partial charge in [0.15, 0.2) is 11.5 Å². The van der Waals surface area contributed by atoms with Gasteiger partial charge in [-0.15, -0.1) is 0 Å². The molecule has 1 amide bonds. The molecule has 0 saturated carbocycles. The maximum absolute atomic E-state index is 12.9. The van der Waals surface area contributed by atoms with E-state index in [1.807, 2.05) is 0 Å². The molecule has 1 heterocycles. The van der Waals surface area contributed by atoms with Crippen LogP contribution in [-0.2, 0) is 9.53 Å². The van der Waals surface area contributed by atoms with Crippen molar-refractivity contribution in [1.29, 1.82) is 0 Å². The minimum Gasteiger partial charge on any atom is -0.493 e. The molecule has 2 rings (SSSR count). The highest BCUT2D eigenvalue weighted by Crippen LogP contribution is 2.40. The zero-order chi connectivity index (χ0) is 17.7. The molecule has 1 aliphatic rings. The molecule has 0 bridgehead atoms. The monoisotopic (exact) mass is 339 g/mol. The Morgan fingerprint density at radius 1 is 1.21 bits per heavy atom. The van der Waals surface area contributed by atoms with Gasteiger partial charge >= 0.3 is 5.97 Å². The van der Waals surface area contributed by atoms with Gasteiger partial charge in [0, 0.05) is 6.54 Å². The van der Waals surface area contributed by atoms with E-state index in [1.54, 1.807) is 12.1 Å². The second-order valence-electron chi connectivity index (χ2n) is 5.21. The van der Waals surface area contributed by atoms with E-state index in [-0.39, 0.29) is 30.2 Å². The van der Waals surface area contributed by atoms with Crippen molar-refractivity contribution in [3.63, 3.8) is 0 Å². The van der Waals surface area contributed by atoms with Crippen molar-refractivity contribution in [1.82, 2.24) is 4.90 Å². The van der Waals surface area contributed by atoms with Crippen molar-refractivity contribution in [2.75, 3.05) is 41.1 Å². The van der Waals surface area contributed by atoms with Gasteiger partial charge in [0.2, 0.25) is 5.75 Å². The number of morpholine rings is 1. The van der Waals surface area contributed by atoms with Crippen LogP contribution in [0.4, 0.5) is 0 Å². The Balaban J connectivity index is 2.38. The van der Waals surface area contributed by atoms with Gasteiger partial charge in [-0.2, -0.15) is 0 Å². The molecular weight excluding hydrogens is 318 g/mol. The number of carbonyl (C=O) groups is 2. The molecule has 1 aliphatic heterocycles. The Kier molecular flexibility index (Phi) is 5.86. The molecule has 1 aromatic rings. The van der Waals surface area contributed by atoms with Gasteiger partial charge in [-0.25, -0.2) is 0 Å². The summed E-state index contributed by atoms with van der Waals surface area (Å²) in [5.41, 5.74) is 0.285. The number of amides is 1. The van der Waals surface area contributed by atoms with Gasteiger partial charge in [-0.05, 0) is 12.1 Å². The minimum atomic E-state index is -0.984. The first-order valence-electron chi connectivity index (χ1n) is 7.43. The number of benzene rings is 1. The summed E-state index contributed by atoms with van der Waals surface area (Å²) in [4.78, 5) is 25.5. The predicted octanol–water partition coefficient (Wildman–Crippen LogP) is 1.03. The van der Waals surface area contributed by atoms with Crippen LogP contribution in [0.15, 0.2) is 12.1 Å². The summed E-state index contributed by atoms with van der Waals surface area (Å²) in [5.74, 6) is -0.309. The molecule has 0 aliphatic carbocycles. The first kappa shape index (κ1) is 17.9. The highest BCUT2D eigenvalue weighted by molar-refractivity contribution is 5.98. The Bertz CT molecular complexity index is 617. The minimum absolute atomic E-state index is 0.179. The number of hydrogen-bond acceptors (Lipinski definition) is 6. The molecule has 132 valence electrons. The van der Waals surface area contributed by atoms with Gasteiger partial charge < -0.3 is 29.0 Å². The van der Waals surface area contributed by atoms with Gasteiger partial charge in [0.05, 0.1) is 52.6 Å². The zero-order valence-electron chi connectivity index (χ0n) is 13.9. The summed E-state index contributed by atoms with van der Waals surface area (Å²) in [7, 11) is 4.38. The molecule has 1 atom stereocenters. The van der Waals surface area contributed by atoms with Crippen molar-refractivity contribution in [3.8, 4) is 17.2 Å². The van der Waals surface area contributed by atoms with Crippen LogP contribution in [0.1, 0.15) is 16.8 Å². The van der Waals surface area contributed by atoms with E-state index >= 15 is 0 Å². The van der Waals surface area contributed by atoms with Crippen LogP contribution in [0.5, 0.6) is 17.2 Å². The van der Waals surface area contributed by atoms with Crippen molar-refractivity contribution in [2.24, 2.45) is 0 Å². The molecule has 8 nitrogen and oxygen atoms in total. The first-order valence-corrected chi connectivity index (χ1v) is 7.43. The number of carboxylic acids is 1. The van der Waals surface area contributed by atoms with Crippen LogP contribution < -0.4 is 14.2 Å². The Labute approximate surface area is 139 Å². The van der Waals surface area contributed by atoms with Gasteiger partial charge in [-0.3, -0.25) is 9.59 Å². The fourth-order valence-corrected chi connectivity index (χ4v) is 2.72. The van der Waals surface area contributed by atoms with E-state index in [9.17, 15) is 9.59 Å². The number of methoxy groups -OCH3 is 3. The number of hydrogen-bond donors (Lipinski definition) is 1. The van der Waals surface area contributed by atoms with E-state index < -0.39 is 12.0 Å². The molecule has 0 radical (unpaired) electrons. The van der Waals surface area contributed by atoms with Crippen LogP contribution in [0.3, 0.4) is 0 Å². The lowest BCUT2D eigenvalue weighted by atomic mass is 10.1. The summed E-state index contributed by atoms with van der Waals surface area (Å²) in [6.07, 6.45) is -0.179. The summed E-state index contributed by atoms with van der Waals surface area (Å²) < 4.78 is 21.1. The summed E-state index contributed by atoms with van der Waals surface area (Å²) in [6.45, 7) is 0.861. The van der Waals surface area contributed by atoms with E-state index in [0.717, 1.165) is 0 Å².